The monoisotopic (exact) mass is 503 g/mol. The van der Waals surface area contributed by atoms with E-state index in [1.807, 2.05) is 75.4 Å². The molecule has 0 radical (unpaired) electrons. The second-order valence-corrected chi connectivity index (χ2v) is 9.24. The van der Waals surface area contributed by atoms with Crippen LogP contribution in [0, 0.1) is 13.8 Å². The van der Waals surface area contributed by atoms with E-state index in [1.54, 1.807) is 24.9 Å². The van der Waals surface area contributed by atoms with Crippen LogP contribution in [0.15, 0.2) is 64.5 Å². The molecule has 0 unspecified atom stereocenters. The first-order valence-electron chi connectivity index (χ1n) is 11.8. The molecule has 0 saturated carbocycles. The topological polar surface area (TPSA) is 73.1 Å². The van der Waals surface area contributed by atoms with Crippen LogP contribution >= 0.6 is 11.8 Å². The maximum absolute atomic E-state index is 13.0. The van der Waals surface area contributed by atoms with E-state index in [0.29, 0.717) is 28.9 Å². The van der Waals surface area contributed by atoms with Crippen molar-refractivity contribution in [3.8, 4) is 11.4 Å². The van der Waals surface area contributed by atoms with Crippen molar-refractivity contribution >= 4 is 40.6 Å². The number of hydrogen-bond donors (Lipinski definition) is 0. The van der Waals surface area contributed by atoms with Gasteiger partial charge in [-0.2, -0.15) is 0 Å². The molecule has 1 aromatic heterocycles. The number of carbonyl (C=O) groups excluding carboxylic acids is 2. The highest BCUT2D eigenvalue weighted by atomic mass is 32.2. The average molecular weight is 504 g/mol. The summed E-state index contributed by atoms with van der Waals surface area (Å²) in [6.07, 6.45) is 1.90. The Bertz CT molecular complexity index is 1360. The zero-order valence-electron chi connectivity index (χ0n) is 21.1. The van der Waals surface area contributed by atoms with Crippen molar-refractivity contribution in [2.75, 3.05) is 20.3 Å². The Balaban J connectivity index is 1.62. The molecule has 2 aromatic carbocycles. The average Bonchev–Trinajstić information content (AvgIpc) is 3.30. The third-order valence-corrected chi connectivity index (χ3v) is 6.81. The van der Waals surface area contributed by atoms with Gasteiger partial charge in [0, 0.05) is 24.1 Å². The second kappa shape index (κ2) is 10.9. The number of nitrogens with zero attached hydrogens (tertiary/aromatic N) is 3. The Labute approximate surface area is 215 Å². The van der Waals surface area contributed by atoms with E-state index in [-0.39, 0.29) is 11.9 Å². The molecule has 7 nitrogen and oxygen atoms in total. The number of likely N-dealkylation sites (N-methyl/N-ethyl adjacent to an activating group) is 1. The third-order valence-electron chi connectivity index (χ3n) is 5.75. The van der Waals surface area contributed by atoms with Gasteiger partial charge in [-0.1, -0.05) is 6.07 Å². The van der Waals surface area contributed by atoms with Crippen LogP contribution in [0.4, 0.5) is 5.69 Å². The molecule has 1 saturated heterocycles. The lowest BCUT2D eigenvalue weighted by molar-refractivity contribution is -0.121. The van der Waals surface area contributed by atoms with Gasteiger partial charge in [0.2, 0.25) is 0 Å². The van der Waals surface area contributed by atoms with E-state index < -0.39 is 0 Å². The van der Waals surface area contributed by atoms with Gasteiger partial charge < -0.3 is 14.0 Å². The fourth-order valence-electron chi connectivity index (χ4n) is 4.00. The number of hydrogen-bond acceptors (Lipinski definition) is 6. The normalized spacial score (nSPS) is 15.7. The third kappa shape index (κ3) is 5.23. The molecule has 1 fully saturated rings. The summed E-state index contributed by atoms with van der Waals surface area (Å²) in [6, 6.07) is 16.9. The predicted octanol–water partition coefficient (Wildman–Crippen LogP) is 5.90. The fraction of sp³-hybridized carbons (Fsp3) is 0.250. The number of esters is 1. The number of aliphatic imine (C=N–C) groups is 1. The van der Waals surface area contributed by atoms with E-state index >= 15 is 0 Å². The molecule has 36 heavy (non-hydrogen) atoms. The molecule has 3 aromatic rings. The van der Waals surface area contributed by atoms with Crippen molar-refractivity contribution in [3.05, 3.63) is 82.0 Å². The van der Waals surface area contributed by atoms with Crippen LogP contribution in [0.2, 0.25) is 0 Å². The molecule has 1 amide bonds. The summed E-state index contributed by atoms with van der Waals surface area (Å²) >= 11 is 1.35. The zero-order chi connectivity index (χ0) is 25.8. The van der Waals surface area contributed by atoms with Crippen molar-refractivity contribution in [1.82, 2.24) is 9.47 Å². The Morgan fingerprint density at radius 2 is 1.81 bits per heavy atom. The maximum Gasteiger partial charge on any atom is 0.338 e. The van der Waals surface area contributed by atoms with Gasteiger partial charge in [-0.3, -0.25) is 9.69 Å². The minimum atomic E-state index is -0.348. The van der Waals surface area contributed by atoms with Crippen LogP contribution in [0.5, 0.6) is 5.75 Å². The SMILES string of the molecule is CCOC(=O)c1cccc(-n2c(C)cc(/C=C3\SC(=Nc4ccc(OCC)cc4)N(C)C3=O)c2C)c1. The molecule has 2 heterocycles. The Morgan fingerprint density at radius 3 is 2.50 bits per heavy atom. The largest absolute Gasteiger partial charge is 0.494 e. The van der Waals surface area contributed by atoms with Gasteiger partial charge in [0.25, 0.3) is 5.91 Å². The molecule has 1 aliphatic rings. The first-order chi connectivity index (χ1) is 17.3. The predicted molar refractivity (Wildman–Crippen MR) is 144 cm³/mol. The minimum Gasteiger partial charge on any atom is -0.494 e. The molecule has 0 aliphatic carbocycles. The number of amides is 1. The Kier molecular flexibility index (Phi) is 7.64. The second-order valence-electron chi connectivity index (χ2n) is 8.23. The van der Waals surface area contributed by atoms with Gasteiger partial charge in [-0.25, -0.2) is 9.79 Å². The maximum atomic E-state index is 13.0. The van der Waals surface area contributed by atoms with Gasteiger partial charge in [-0.05, 0) is 99.6 Å². The smallest absolute Gasteiger partial charge is 0.338 e. The zero-order valence-corrected chi connectivity index (χ0v) is 21.9. The van der Waals surface area contributed by atoms with Crippen LogP contribution in [-0.2, 0) is 9.53 Å². The molecule has 186 valence electrons. The Morgan fingerprint density at radius 1 is 1.06 bits per heavy atom. The summed E-state index contributed by atoms with van der Waals surface area (Å²) in [6.45, 7) is 8.66. The number of benzene rings is 2. The molecule has 1 aliphatic heterocycles. The number of aryl methyl sites for hydroxylation is 1. The van der Waals surface area contributed by atoms with E-state index in [1.165, 1.54) is 11.8 Å². The van der Waals surface area contributed by atoms with Crippen molar-refractivity contribution in [1.29, 1.82) is 0 Å². The van der Waals surface area contributed by atoms with Gasteiger partial charge in [0.1, 0.15) is 5.75 Å². The lowest BCUT2D eigenvalue weighted by Gasteiger charge is -2.11. The quantitative estimate of drug-likeness (QED) is 0.296. The fourth-order valence-corrected chi connectivity index (χ4v) is 4.98. The van der Waals surface area contributed by atoms with Gasteiger partial charge in [0.15, 0.2) is 5.17 Å². The number of carbonyl (C=O) groups is 2. The first kappa shape index (κ1) is 25.3. The number of ether oxygens (including phenoxy) is 2. The van der Waals surface area contributed by atoms with E-state index in [4.69, 9.17) is 9.47 Å². The molecule has 0 bridgehead atoms. The van der Waals surface area contributed by atoms with E-state index in [0.717, 1.165) is 34.1 Å². The summed E-state index contributed by atoms with van der Waals surface area (Å²) in [5.41, 5.74) is 5.00. The molecule has 8 heteroatoms. The van der Waals surface area contributed by atoms with Crippen molar-refractivity contribution in [3.63, 3.8) is 0 Å². The summed E-state index contributed by atoms with van der Waals surface area (Å²) < 4.78 is 12.7. The number of rotatable bonds is 7. The standard InChI is InChI=1S/C28H29N3O4S/c1-6-34-24-13-11-22(12-14-24)29-28-30(5)26(32)25(36-28)17-21-15-18(3)31(19(21)4)23-10-8-9-20(16-23)27(33)35-7-2/h8-17H,6-7H2,1-5H3/b25-17-,29-28?. The summed E-state index contributed by atoms with van der Waals surface area (Å²) in [5.74, 6) is 0.340. The van der Waals surface area contributed by atoms with Crippen LogP contribution in [0.1, 0.15) is 41.2 Å². The highest BCUT2D eigenvalue weighted by molar-refractivity contribution is 8.18. The lowest BCUT2D eigenvalue weighted by Crippen LogP contribution is -2.23. The minimum absolute atomic E-state index is 0.0983. The van der Waals surface area contributed by atoms with Crippen LogP contribution < -0.4 is 4.74 Å². The number of thioether (sulfide) groups is 1. The summed E-state index contributed by atoms with van der Waals surface area (Å²) in [7, 11) is 1.73. The molecular weight excluding hydrogens is 474 g/mol. The Hall–Kier alpha value is -3.78. The van der Waals surface area contributed by atoms with E-state index in [2.05, 4.69) is 9.56 Å². The molecule has 0 N–H and O–H groups in total. The van der Waals surface area contributed by atoms with Crippen molar-refractivity contribution < 1.29 is 19.1 Å². The van der Waals surface area contributed by atoms with Crippen LogP contribution in [-0.4, -0.2) is 46.8 Å². The molecule has 0 atom stereocenters. The lowest BCUT2D eigenvalue weighted by atomic mass is 10.2. The number of amidine groups is 1. The van der Waals surface area contributed by atoms with Gasteiger partial charge in [0.05, 0.1) is 29.4 Å². The van der Waals surface area contributed by atoms with Crippen LogP contribution in [0.25, 0.3) is 11.8 Å². The highest BCUT2D eigenvalue weighted by Crippen LogP contribution is 2.35. The first-order valence-corrected chi connectivity index (χ1v) is 12.6. The molecule has 0 spiro atoms. The number of aromatic nitrogens is 1. The molecular formula is C28H29N3O4S. The summed E-state index contributed by atoms with van der Waals surface area (Å²) in [4.78, 5) is 32.0. The highest BCUT2D eigenvalue weighted by Gasteiger charge is 2.30. The van der Waals surface area contributed by atoms with Crippen molar-refractivity contribution in [2.45, 2.75) is 27.7 Å². The van der Waals surface area contributed by atoms with Gasteiger partial charge in [-0.15, -0.1) is 0 Å². The molecule has 4 rings (SSSR count). The van der Waals surface area contributed by atoms with E-state index in [9.17, 15) is 9.59 Å². The van der Waals surface area contributed by atoms with Crippen molar-refractivity contribution in [2.24, 2.45) is 4.99 Å². The van der Waals surface area contributed by atoms with Gasteiger partial charge >= 0.3 is 5.97 Å². The van der Waals surface area contributed by atoms with Crippen LogP contribution in [0.3, 0.4) is 0 Å². The summed E-state index contributed by atoms with van der Waals surface area (Å²) in [5, 5.41) is 0.617.